The molecule has 1 fully saturated rings. The van der Waals surface area contributed by atoms with Crippen LogP contribution < -0.4 is 4.90 Å². The Morgan fingerprint density at radius 2 is 1.88 bits per heavy atom. The SMILES string of the molecule is N#Cc1cnn(-c2c(Cl)cc(C(F)(F)F)cc2Cl)c1N1CCCC1=O. The number of hydrogen-bond acceptors (Lipinski definition) is 3. The lowest BCUT2D eigenvalue weighted by Crippen LogP contribution is -2.27. The van der Waals surface area contributed by atoms with Crippen molar-refractivity contribution in [1.29, 1.82) is 5.26 Å². The molecule has 0 radical (unpaired) electrons. The van der Waals surface area contributed by atoms with Crippen LogP contribution in [0, 0.1) is 11.3 Å². The summed E-state index contributed by atoms with van der Waals surface area (Å²) in [5.74, 6) is -0.0639. The lowest BCUT2D eigenvalue weighted by atomic mass is 10.2. The maximum Gasteiger partial charge on any atom is 0.416 e. The minimum absolute atomic E-state index is 0.0208. The van der Waals surface area contributed by atoms with E-state index >= 15 is 0 Å². The molecule has 0 spiro atoms. The molecule has 0 aliphatic carbocycles. The van der Waals surface area contributed by atoms with Crippen LogP contribution in [0.4, 0.5) is 19.0 Å². The number of carbonyl (C=O) groups excluding carboxylic acids is 1. The van der Waals surface area contributed by atoms with Crippen molar-refractivity contribution in [3.05, 3.63) is 39.5 Å². The first kappa shape index (κ1) is 17.6. The Morgan fingerprint density at radius 3 is 2.36 bits per heavy atom. The third kappa shape index (κ3) is 3.05. The minimum atomic E-state index is -4.61. The number of alkyl halides is 3. The predicted octanol–water partition coefficient (Wildman–Crippen LogP) is 4.20. The standard InChI is InChI=1S/C15H9Cl2F3N4O/c16-10-4-9(15(18,19)20)5-11(17)13(10)24-14(8(6-21)7-22-24)23-3-1-2-12(23)25/h4-5,7H,1-3H2. The fraction of sp³-hybridized carbons (Fsp3) is 0.267. The van der Waals surface area contributed by atoms with Crippen molar-refractivity contribution < 1.29 is 18.0 Å². The average molecular weight is 389 g/mol. The molecule has 1 aliphatic rings. The van der Waals surface area contributed by atoms with Crippen LogP contribution in [0.25, 0.3) is 5.69 Å². The minimum Gasteiger partial charge on any atom is -0.296 e. The number of hydrogen-bond donors (Lipinski definition) is 0. The lowest BCUT2D eigenvalue weighted by molar-refractivity contribution is -0.137. The maximum atomic E-state index is 12.9. The van der Waals surface area contributed by atoms with E-state index in [0.717, 1.165) is 16.8 Å². The Bertz CT molecular complexity index is 878. The van der Waals surface area contributed by atoms with Gasteiger partial charge < -0.3 is 0 Å². The second-order valence-electron chi connectivity index (χ2n) is 5.34. The summed E-state index contributed by atoms with van der Waals surface area (Å²) in [5.41, 5.74) is -0.924. The number of nitriles is 1. The molecule has 0 atom stereocenters. The monoisotopic (exact) mass is 388 g/mol. The van der Waals surface area contributed by atoms with Gasteiger partial charge in [-0.05, 0) is 18.6 Å². The van der Waals surface area contributed by atoms with Gasteiger partial charge in [-0.1, -0.05) is 23.2 Å². The molecular weight excluding hydrogens is 380 g/mol. The van der Waals surface area contributed by atoms with Crippen LogP contribution in [0.2, 0.25) is 10.0 Å². The van der Waals surface area contributed by atoms with Crippen molar-refractivity contribution in [1.82, 2.24) is 9.78 Å². The third-order valence-electron chi connectivity index (χ3n) is 3.75. The largest absolute Gasteiger partial charge is 0.416 e. The zero-order chi connectivity index (χ0) is 18.4. The van der Waals surface area contributed by atoms with Gasteiger partial charge in [-0.15, -0.1) is 0 Å². The van der Waals surface area contributed by atoms with Crippen LogP contribution >= 0.6 is 23.2 Å². The summed E-state index contributed by atoms with van der Waals surface area (Å²) in [6.07, 6.45) is -2.49. The van der Waals surface area contributed by atoms with Gasteiger partial charge in [-0.2, -0.15) is 23.5 Å². The topological polar surface area (TPSA) is 61.9 Å². The molecule has 0 unspecified atom stereocenters. The van der Waals surface area contributed by atoms with E-state index in [2.05, 4.69) is 5.10 Å². The van der Waals surface area contributed by atoms with Gasteiger partial charge in [0.25, 0.3) is 0 Å². The highest BCUT2D eigenvalue weighted by Gasteiger charge is 2.34. The smallest absolute Gasteiger partial charge is 0.296 e. The number of nitrogens with zero attached hydrogens (tertiary/aromatic N) is 4. The molecule has 10 heteroatoms. The Labute approximate surface area is 150 Å². The van der Waals surface area contributed by atoms with Crippen LogP contribution in [0.15, 0.2) is 18.3 Å². The Kier molecular flexibility index (Phi) is 4.39. The number of rotatable bonds is 2. The number of carbonyl (C=O) groups is 1. The van der Waals surface area contributed by atoms with Gasteiger partial charge in [-0.3, -0.25) is 9.69 Å². The highest BCUT2D eigenvalue weighted by Crippen LogP contribution is 2.39. The van der Waals surface area contributed by atoms with Crippen molar-refractivity contribution >= 4 is 34.9 Å². The maximum absolute atomic E-state index is 12.9. The summed E-state index contributed by atoms with van der Waals surface area (Å²) in [4.78, 5) is 13.4. The zero-order valence-corrected chi connectivity index (χ0v) is 14.0. The molecule has 2 aromatic rings. The molecule has 2 heterocycles. The van der Waals surface area contributed by atoms with Gasteiger partial charge in [0.05, 0.1) is 21.8 Å². The summed E-state index contributed by atoms with van der Waals surface area (Å²) in [6.45, 7) is 0.370. The number of benzene rings is 1. The first-order valence-corrected chi connectivity index (χ1v) is 7.84. The second kappa shape index (κ2) is 6.24. The highest BCUT2D eigenvalue weighted by molar-refractivity contribution is 6.38. The first-order chi connectivity index (χ1) is 11.7. The van der Waals surface area contributed by atoms with E-state index in [4.69, 9.17) is 23.2 Å². The molecule has 1 saturated heterocycles. The third-order valence-corrected chi connectivity index (χ3v) is 4.33. The van der Waals surface area contributed by atoms with E-state index in [1.807, 2.05) is 6.07 Å². The van der Waals surface area contributed by atoms with Crippen LogP contribution in [0.1, 0.15) is 24.0 Å². The quantitative estimate of drug-likeness (QED) is 0.774. The van der Waals surface area contributed by atoms with E-state index < -0.39 is 11.7 Å². The Balaban J connectivity index is 2.20. The molecule has 1 aromatic heterocycles. The second-order valence-corrected chi connectivity index (χ2v) is 6.16. The molecular formula is C15H9Cl2F3N4O. The van der Waals surface area contributed by atoms with Crippen LogP contribution in [0.3, 0.4) is 0 Å². The molecule has 0 bridgehead atoms. The summed E-state index contributed by atoms with van der Waals surface area (Å²) >= 11 is 12.0. The number of anilines is 1. The van der Waals surface area contributed by atoms with Crippen molar-refractivity contribution in [3.8, 4) is 11.8 Å². The predicted molar refractivity (Wildman–Crippen MR) is 84.9 cm³/mol. The fourth-order valence-corrected chi connectivity index (χ4v) is 3.29. The summed E-state index contributed by atoms with van der Waals surface area (Å²) < 4.78 is 39.8. The van der Waals surface area contributed by atoms with Gasteiger partial charge in [0, 0.05) is 13.0 Å². The number of amides is 1. The van der Waals surface area contributed by atoms with E-state index in [-0.39, 0.29) is 33.0 Å². The van der Waals surface area contributed by atoms with Gasteiger partial charge in [0.2, 0.25) is 5.91 Å². The van der Waals surface area contributed by atoms with E-state index in [9.17, 15) is 23.2 Å². The molecule has 1 amide bonds. The molecule has 5 nitrogen and oxygen atoms in total. The van der Waals surface area contributed by atoms with Crippen molar-refractivity contribution in [3.63, 3.8) is 0 Å². The van der Waals surface area contributed by atoms with Gasteiger partial charge in [0.1, 0.15) is 17.3 Å². The number of aromatic nitrogens is 2. The van der Waals surface area contributed by atoms with Crippen molar-refractivity contribution in [2.45, 2.75) is 19.0 Å². The van der Waals surface area contributed by atoms with Crippen LogP contribution in [-0.4, -0.2) is 22.2 Å². The lowest BCUT2D eigenvalue weighted by Gasteiger charge is -2.20. The molecule has 130 valence electrons. The van der Waals surface area contributed by atoms with Crippen LogP contribution in [0.5, 0.6) is 0 Å². The number of halogens is 5. The average Bonchev–Trinajstić information content (AvgIpc) is 3.11. The molecule has 0 saturated carbocycles. The molecule has 1 aromatic carbocycles. The van der Waals surface area contributed by atoms with Gasteiger partial charge in [0.15, 0.2) is 5.82 Å². The highest BCUT2D eigenvalue weighted by atomic mass is 35.5. The van der Waals surface area contributed by atoms with E-state index in [1.165, 1.54) is 11.1 Å². The van der Waals surface area contributed by atoms with Gasteiger partial charge in [-0.25, -0.2) is 4.68 Å². The molecule has 3 rings (SSSR count). The Morgan fingerprint density at radius 1 is 1.24 bits per heavy atom. The van der Waals surface area contributed by atoms with E-state index in [1.54, 1.807) is 0 Å². The Hall–Kier alpha value is -2.24. The molecule has 25 heavy (non-hydrogen) atoms. The molecule has 0 N–H and O–H groups in total. The van der Waals surface area contributed by atoms with E-state index in [0.29, 0.717) is 19.4 Å². The van der Waals surface area contributed by atoms with Gasteiger partial charge >= 0.3 is 6.18 Å². The molecule has 1 aliphatic heterocycles. The normalized spacial score (nSPS) is 14.9. The van der Waals surface area contributed by atoms with Crippen molar-refractivity contribution in [2.75, 3.05) is 11.4 Å². The zero-order valence-electron chi connectivity index (χ0n) is 12.4. The fourth-order valence-electron chi connectivity index (χ4n) is 2.65. The van der Waals surface area contributed by atoms with Crippen LogP contribution in [-0.2, 0) is 11.0 Å². The summed E-state index contributed by atoms with van der Waals surface area (Å²) in [5, 5.41) is 12.7. The first-order valence-electron chi connectivity index (χ1n) is 7.09. The summed E-state index contributed by atoms with van der Waals surface area (Å²) in [7, 11) is 0. The summed E-state index contributed by atoms with van der Waals surface area (Å²) in [6, 6.07) is 3.37. The van der Waals surface area contributed by atoms with Crippen molar-refractivity contribution in [2.24, 2.45) is 0 Å².